The highest BCUT2D eigenvalue weighted by atomic mass is 16.5. The van der Waals surface area contributed by atoms with Gasteiger partial charge in [-0.1, -0.05) is 49.7 Å². The molecule has 1 atom stereocenters. The minimum atomic E-state index is -0.912. The van der Waals surface area contributed by atoms with Crippen LogP contribution in [0.2, 0.25) is 0 Å². The molecule has 0 bridgehead atoms. The van der Waals surface area contributed by atoms with Gasteiger partial charge in [-0.2, -0.15) is 5.26 Å². The van der Waals surface area contributed by atoms with E-state index in [0.29, 0.717) is 12.8 Å². The second-order valence-corrected chi connectivity index (χ2v) is 10.5. The van der Waals surface area contributed by atoms with Gasteiger partial charge in [-0.05, 0) is 79.9 Å². The molecule has 2 aliphatic rings. The maximum atomic E-state index is 11.8. The number of nitriles is 1. The molecular formula is C32H31BN2O3. The number of carboxylic acid groups (broad SMARTS) is 1. The molecule has 3 aromatic rings. The zero-order chi connectivity index (χ0) is 27.0. The number of pyridine rings is 1. The van der Waals surface area contributed by atoms with E-state index in [0.717, 1.165) is 75.3 Å². The topological polar surface area (TPSA) is 83.2 Å². The van der Waals surface area contributed by atoms with Crippen molar-refractivity contribution in [1.29, 1.82) is 5.26 Å². The number of hydrogen-bond acceptors (Lipinski definition) is 4. The van der Waals surface area contributed by atoms with E-state index in [-0.39, 0.29) is 5.82 Å². The van der Waals surface area contributed by atoms with Crippen molar-refractivity contribution in [3.63, 3.8) is 0 Å². The number of nitrogens with zero attached hydrogens (tertiary/aromatic N) is 2. The highest BCUT2D eigenvalue weighted by Gasteiger charge is 2.46. The predicted molar refractivity (Wildman–Crippen MR) is 152 cm³/mol. The van der Waals surface area contributed by atoms with Gasteiger partial charge in [0.2, 0.25) is 0 Å². The molecule has 1 saturated carbocycles. The second-order valence-electron chi connectivity index (χ2n) is 10.5. The average molecular weight is 502 g/mol. The van der Waals surface area contributed by atoms with Crippen molar-refractivity contribution in [3.8, 4) is 11.8 Å². The first-order valence-corrected chi connectivity index (χ1v) is 13.2. The van der Waals surface area contributed by atoms with E-state index in [2.05, 4.69) is 57.0 Å². The Morgan fingerprint density at radius 1 is 1.24 bits per heavy atom. The van der Waals surface area contributed by atoms with Crippen molar-refractivity contribution in [2.75, 3.05) is 0 Å². The van der Waals surface area contributed by atoms with E-state index in [1.54, 1.807) is 12.1 Å². The Labute approximate surface area is 224 Å². The maximum absolute atomic E-state index is 11.8. The molecule has 190 valence electrons. The van der Waals surface area contributed by atoms with Crippen molar-refractivity contribution in [2.45, 2.75) is 58.2 Å². The summed E-state index contributed by atoms with van der Waals surface area (Å²) >= 11 is 0. The van der Waals surface area contributed by atoms with Gasteiger partial charge >= 0.3 is 5.97 Å². The summed E-state index contributed by atoms with van der Waals surface area (Å²) in [6.07, 6.45) is 6.65. The highest BCUT2D eigenvalue weighted by molar-refractivity contribution is 6.56. The molecular weight excluding hydrogens is 471 g/mol. The minimum absolute atomic E-state index is 0.0255. The zero-order valence-corrected chi connectivity index (χ0v) is 22.3. The summed E-state index contributed by atoms with van der Waals surface area (Å²) < 4.78 is 6.71. The summed E-state index contributed by atoms with van der Waals surface area (Å²) in [5.41, 5.74) is 7.86. The fourth-order valence-corrected chi connectivity index (χ4v) is 5.44. The molecule has 0 spiro atoms. The van der Waals surface area contributed by atoms with Gasteiger partial charge in [-0.3, -0.25) is 4.98 Å². The van der Waals surface area contributed by atoms with E-state index < -0.39 is 11.4 Å². The lowest BCUT2D eigenvalue weighted by atomic mass is 9.56. The first-order valence-electron chi connectivity index (χ1n) is 13.2. The molecule has 1 unspecified atom stereocenters. The van der Waals surface area contributed by atoms with Crippen LogP contribution in [0.1, 0.15) is 84.2 Å². The number of aromatic carboxylic acids is 1. The number of ether oxygens (including phenoxy) is 1. The second kappa shape index (κ2) is 9.98. The highest BCUT2D eigenvalue weighted by Crippen LogP contribution is 2.48. The Morgan fingerprint density at radius 2 is 2.00 bits per heavy atom. The number of rotatable bonds is 7. The Bertz CT molecular complexity index is 1530. The van der Waals surface area contributed by atoms with E-state index in [4.69, 9.17) is 4.74 Å². The van der Waals surface area contributed by atoms with Crippen LogP contribution in [0, 0.1) is 18.3 Å². The number of carboxylic acids is 1. The Hall–Kier alpha value is -4.11. The number of benzene rings is 2. The molecule has 5 nitrogen and oxygen atoms in total. The van der Waals surface area contributed by atoms with E-state index in [1.165, 1.54) is 0 Å². The van der Waals surface area contributed by atoms with Crippen molar-refractivity contribution >= 4 is 30.0 Å². The third-order valence-electron chi connectivity index (χ3n) is 7.69. The van der Waals surface area contributed by atoms with Gasteiger partial charge in [0, 0.05) is 22.9 Å². The molecule has 6 heteroatoms. The molecule has 5 rings (SSSR count). The largest absolute Gasteiger partial charge is 0.478 e. The van der Waals surface area contributed by atoms with Crippen LogP contribution < -0.4 is 10.2 Å². The number of fused-ring (bicyclic) bond motifs is 1. The molecule has 0 amide bonds. The van der Waals surface area contributed by atoms with Crippen LogP contribution in [0.15, 0.2) is 66.4 Å². The molecule has 0 saturated heterocycles. The molecule has 1 aromatic heterocycles. The van der Waals surface area contributed by atoms with Gasteiger partial charge < -0.3 is 9.84 Å². The molecule has 1 N–H and O–H groups in total. The summed E-state index contributed by atoms with van der Waals surface area (Å²) in [6, 6.07) is 17.9. The molecule has 38 heavy (non-hydrogen) atoms. The predicted octanol–water partition coefficient (Wildman–Crippen LogP) is 6.08. The van der Waals surface area contributed by atoms with E-state index in [1.807, 2.05) is 30.5 Å². The van der Waals surface area contributed by atoms with Gasteiger partial charge in [-0.15, -0.1) is 0 Å². The van der Waals surface area contributed by atoms with E-state index in [9.17, 15) is 15.2 Å². The van der Waals surface area contributed by atoms with Gasteiger partial charge in [0.25, 0.3) is 0 Å². The Balaban J connectivity index is 1.57. The standard InChI is InChI=1S/C32H31BN2O3/c1-5-8-23-20(3)29(22-11-12-28(35-17-22)32(18-34)13-14-32)38-30-25(15-19(2)16-26(23)30)21(4)33-27-10-7-6-9-24(27)31(36)37/h6-12,15-17,21,33H,5,13-14H2,1-4H3,(H,36,37)/b23-8-. The fourth-order valence-electron chi connectivity index (χ4n) is 5.44. The lowest BCUT2D eigenvalue weighted by Crippen LogP contribution is -2.27. The van der Waals surface area contributed by atoms with Crippen molar-refractivity contribution in [2.24, 2.45) is 0 Å². The van der Waals surface area contributed by atoms with Crippen molar-refractivity contribution in [1.82, 2.24) is 4.98 Å². The Kier molecular flexibility index (Phi) is 6.71. The summed E-state index contributed by atoms with van der Waals surface area (Å²) in [4.78, 5) is 16.5. The van der Waals surface area contributed by atoms with E-state index >= 15 is 0 Å². The molecule has 1 fully saturated rings. The van der Waals surface area contributed by atoms with Gasteiger partial charge in [-0.25, -0.2) is 4.79 Å². The summed E-state index contributed by atoms with van der Waals surface area (Å²) in [5, 5.41) is 19.3. The number of allylic oxidation sites excluding steroid dienone is 3. The average Bonchev–Trinajstić information content (AvgIpc) is 3.71. The molecule has 1 aliphatic heterocycles. The molecule has 2 heterocycles. The summed E-state index contributed by atoms with van der Waals surface area (Å²) in [6.45, 7) is 8.42. The lowest BCUT2D eigenvalue weighted by Gasteiger charge is -2.29. The molecule has 0 radical (unpaired) electrons. The number of carbonyl (C=O) groups is 1. The number of hydrogen-bond donors (Lipinski definition) is 1. The van der Waals surface area contributed by atoms with Crippen molar-refractivity contribution < 1.29 is 14.6 Å². The van der Waals surface area contributed by atoms with Crippen LogP contribution in [0.4, 0.5) is 0 Å². The summed E-state index contributed by atoms with van der Waals surface area (Å²) in [5.74, 6) is 0.694. The smallest absolute Gasteiger partial charge is 0.335 e. The van der Waals surface area contributed by atoms with Crippen molar-refractivity contribution in [3.05, 3.63) is 99.9 Å². The van der Waals surface area contributed by atoms with Crippen LogP contribution in [0.25, 0.3) is 11.3 Å². The number of aromatic nitrogens is 1. The van der Waals surface area contributed by atoms with Crippen LogP contribution in [0.3, 0.4) is 0 Å². The van der Waals surface area contributed by atoms with Gasteiger partial charge in [0.15, 0.2) is 7.28 Å². The van der Waals surface area contributed by atoms with Gasteiger partial charge in [0.05, 0.1) is 22.7 Å². The third kappa shape index (κ3) is 4.54. The maximum Gasteiger partial charge on any atom is 0.335 e. The van der Waals surface area contributed by atoms with Crippen LogP contribution in [0.5, 0.6) is 5.75 Å². The lowest BCUT2D eigenvalue weighted by molar-refractivity contribution is 0.0698. The van der Waals surface area contributed by atoms with Crippen LogP contribution in [-0.4, -0.2) is 23.3 Å². The van der Waals surface area contributed by atoms with Gasteiger partial charge in [0.1, 0.15) is 11.5 Å². The minimum Gasteiger partial charge on any atom is -0.478 e. The Morgan fingerprint density at radius 3 is 2.63 bits per heavy atom. The zero-order valence-electron chi connectivity index (χ0n) is 22.3. The third-order valence-corrected chi connectivity index (χ3v) is 7.69. The monoisotopic (exact) mass is 502 g/mol. The number of aryl methyl sites for hydroxylation is 1. The molecule has 1 aliphatic carbocycles. The molecule has 2 aromatic carbocycles. The SMILES string of the molecule is CC/C=C1/C(C)=C(c2ccc(C3(C#N)CC3)nc2)Oc2c1cc(C)cc2C(C)Bc1ccccc1C(=O)O. The van der Waals surface area contributed by atoms with Crippen LogP contribution in [-0.2, 0) is 5.41 Å². The fraction of sp³-hybridized carbons (Fsp3) is 0.281. The van der Waals surface area contributed by atoms with Crippen LogP contribution >= 0.6 is 0 Å². The first kappa shape index (κ1) is 25.5. The first-order chi connectivity index (χ1) is 18.3. The quantitative estimate of drug-likeness (QED) is 0.396. The normalized spacial score (nSPS) is 17.3. The summed E-state index contributed by atoms with van der Waals surface area (Å²) in [7, 11) is 0.582.